The highest BCUT2D eigenvalue weighted by atomic mass is 35.5. The SMILES string of the molecule is COc1ccc(C(=O)CCC2CCCCC2)cc1C(=O)Cc1ccc(Cl)cc1. The molecule has 2 aromatic rings. The van der Waals surface area contributed by atoms with Gasteiger partial charge >= 0.3 is 0 Å². The minimum atomic E-state index is -0.0684. The second-order valence-corrected chi connectivity index (χ2v) is 8.04. The van der Waals surface area contributed by atoms with Gasteiger partial charge in [0.1, 0.15) is 5.75 Å². The average Bonchev–Trinajstić information content (AvgIpc) is 2.74. The monoisotopic (exact) mass is 398 g/mol. The number of carbonyl (C=O) groups excluding carboxylic acids is 2. The molecule has 0 bridgehead atoms. The molecule has 148 valence electrons. The molecule has 0 amide bonds. The number of methoxy groups -OCH3 is 1. The van der Waals surface area contributed by atoms with Crippen LogP contribution in [0.2, 0.25) is 5.02 Å². The molecule has 1 aliphatic rings. The fraction of sp³-hybridized carbons (Fsp3) is 0.417. The summed E-state index contributed by atoms with van der Waals surface area (Å²) in [5.41, 5.74) is 1.93. The molecular weight excluding hydrogens is 372 g/mol. The summed E-state index contributed by atoms with van der Waals surface area (Å²) in [5.74, 6) is 1.21. The van der Waals surface area contributed by atoms with Crippen LogP contribution < -0.4 is 4.74 Å². The number of hydrogen-bond acceptors (Lipinski definition) is 3. The van der Waals surface area contributed by atoms with Gasteiger partial charge in [-0.15, -0.1) is 0 Å². The highest BCUT2D eigenvalue weighted by molar-refractivity contribution is 6.30. The van der Waals surface area contributed by atoms with Gasteiger partial charge in [-0.3, -0.25) is 9.59 Å². The van der Waals surface area contributed by atoms with Crippen molar-refractivity contribution in [3.05, 3.63) is 64.2 Å². The Labute approximate surface area is 172 Å². The van der Waals surface area contributed by atoms with Gasteiger partial charge in [-0.1, -0.05) is 55.8 Å². The van der Waals surface area contributed by atoms with Gasteiger partial charge in [0.2, 0.25) is 0 Å². The first-order valence-electron chi connectivity index (χ1n) is 10.1. The van der Waals surface area contributed by atoms with E-state index < -0.39 is 0 Å². The Hall–Kier alpha value is -2.13. The molecule has 4 heteroatoms. The lowest BCUT2D eigenvalue weighted by Gasteiger charge is -2.21. The van der Waals surface area contributed by atoms with Gasteiger partial charge in [-0.2, -0.15) is 0 Å². The summed E-state index contributed by atoms with van der Waals surface area (Å²) in [6, 6.07) is 12.4. The maximum absolute atomic E-state index is 12.8. The molecule has 0 aliphatic heterocycles. The Morgan fingerprint density at radius 1 is 1.00 bits per heavy atom. The van der Waals surface area contributed by atoms with E-state index in [-0.39, 0.29) is 18.0 Å². The molecular formula is C24H27ClO3. The predicted octanol–water partition coefficient (Wildman–Crippen LogP) is 6.32. The Morgan fingerprint density at radius 3 is 2.39 bits per heavy atom. The zero-order chi connectivity index (χ0) is 19.9. The molecule has 0 N–H and O–H groups in total. The van der Waals surface area contributed by atoms with Crippen LogP contribution in [0.15, 0.2) is 42.5 Å². The molecule has 0 aromatic heterocycles. The zero-order valence-corrected chi connectivity index (χ0v) is 17.1. The molecule has 0 heterocycles. The minimum absolute atomic E-state index is 0.0684. The van der Waals surface area contributed by atoms with Crippen LogP contribution in [0.4, 0.5) is 0 Å². The lowest BCUT2D eigenvalue weighted by Crippen LogP contribution is -2.11. The predicted molar refractivity (Wildman–Crippen MR) is 113 cm³/mol. The molecule has 1 fully saturated rings. The third kappa shape index (κ3) is 5.45. The maximum Gasteiger partial charge on any atom is 0.170 e. The summed E-state index contributed by atoms with van der Waals surface area (Å²) in [6.07, 6.45) is 8.09. The van der Waals surface area contributed by atoms with Gasteiger partial charge in [0.05, 0.1) is 12.7 Å². The first-order chi connectivity index (χ1) is 13.6. The number of benzene rings is 2. The molecule has 1 saturated carbocycles. The summed E-state index contributed by atoms with van der Waals surface area (Å²) >= 11 is 5.91. The summed E-state index contributed by atoms with van der Waals surface area (Å²) in [4.78, 5) is 25.5. The molecule has 0 saturated heterocycles. The average molecular weight is 399 g/mol. The Bertz CT molecular complexity index is 820. The molecule has 0 atom stereocenters. The fourth-order valence-corrected chi connectivity index (χ4v) is 4.06. The lowest BCUT2D eigenvalue weighted by molar-refractivity contribution is 0.0970. The number of Topliss-reactive ketones (excluding diaryl/α,β-unsaturated/α-hetero) is 2. The number of hydrogen-bond donors (Lipinski definition) is 0. The quantitative estimate of drug-likeness (QED) is 0.489. The first kappa shape index (κ1) is 20.6. The number of halogens is 1. The Kier molecular flexibility index (Phi) is 7.27. The molecule has 0 spiro atoms. The van der Waals surface area contributed by atoms with Crippen molar-refractivity contribution in [2.24, 2.45) is 5.92 Å². The van der Waals surface area contributed by atoms with E-state index in [2.05, 4.69) is 0 Å². The standard InChI is InChI=1S/C24H27ClO3/c1-28-24-14-10-19(22(26)13-9-17-5-3-2-4-6-17)16-21(24)23(27)15-18-7-11-20(25)12-8-18/h7-8,10-12,14,16-17H,2-6,9,13,15H2,1H3. The van der Waals surface area contributed by atoms with Crippen LogP contribution in [0.3, 0.4) is 0 Å². The van der Waals surface area contributed by atoms with Gasteiger partial charge in [0.15, 0.2) is 11.6 Å². The van der Waals surface area contributed by atoms with Crippen LogP contribution in [0.5, 0.6) is 5.75 Å². The molecule has 1 aliphatic carbocycles. The molecule has 0 radical (unpaired) electrons. The van der Waals surface area contributed by atoms with Crippen molar-refractivity contribution in [2.75, 3.05) is 7.11 Å². The number of ketones is 2. The third-order valence-electron chi connectivity index (χ3n) is 5.60. The molecule has 28 heavy (non-hydrogen) atoms. The molecule has 0 unspecified atom stereocenters. The lowest BCUT2D eigenvalue weighted by atomic mass is 9.85. The highest BCUT2D eigenvalue weighted by Gasteiger charge is 2.19. The van der Waals surface area contributed by atoms with E-state index in [0.717, 1.165) is 12.0 Å². The van der Waals surface area contributed by atoms with Gasteiger partial charge in [-0.25, -0.2) is 0 Å². The van der Waals surface area contributed by atoms with Crippen molar-refractivity contribution in [3.8, 4) is 5.75 Å². The van der Waals surface area contributed by atoms with Crippen LogP contribution in [0.25, 0.3) is 0 Å². The van der Waals surface area contributed by atoms with Gasteiger partial charge in [0, 0.05) is 23.4 Å². The van der Waals surface area contributed by atoms with Crippen LogP contribution >= 0.6 is 11.6 Å². The molecule has 2 aromatic carbocycles. The zero-order valence-electron chi connectivity index (χ0n) is 16.4. The van der Waals surface area contributed by atoms with E-state index >= 15 is 0 Å². The topological polar surface area (TPSA) is 43.4 Å². The third-order valence-corrected chi connectivity index (χ3v) is 5.86. The van der Waals surface area contributed by atoms with Crippen molar-refractivity contribution in [1.82, 2.24) is 0 Å². The first-order valence-corrected chi connectivity index (χ1v) is 10.4. The van der Waals surface area contributed by atoms with Gasteiger partial charge in [-0.05, 0) is 48.2 Å². The molecule has 3 rings (SSSR count). The Morgan fingerprint density at radius 2 is 1.71 bits per heavy atom. The van der Waals surface area contributed by atoms with E-state index in [1.807, 2.05) is 12.1 Å². The minimum Gasteiger partial charge on any atom is -0.496 e. The van der Waals surface area contributed by atoms with Crippen LogP contribution in [-0.2, 0) is 6.42 Å². The van der Waals surface area contributed by atoms with E-state index in [9.17, 15) is 9.59 Å². The Balaban J connectivity index is 1.70. The molecule has 3 nitrogen and oxygen atoms in total. The summed E-state index contributed by atoms with van der Waals surface area (Å²) < 4.78 is 5.36. The summed E-state index contributed by atoms with van der Waals surface area (Å²) in [6.45, 7) is 0. The van der Waals surface area contributed by atoms with Crippen LogP contribution in [-0.4, -0.2) is 18.7 Å². The van der Waals surface area contributed by atoms with Crippen molar-refractivity contribution >= 4 is 23.2 Å². The second kappa shape index (κ2) is 9.88. The van der Waals surface area contributed by atoms with Crippen molar-refractivity contribution in [3.63, 3.8) is 0 Å². The van der Waals surface area contributed by atoms with Crippen molar-refractivity contribution in [1.29, 1.82) is 0 Å². The normalized spacial score (nSPS) is 14.6. The fourth-order valence-electron chi connectivity index (χ4n) is 3.94. The smallest absolute Gasteiger partial charge is 0.170 e. The highest BCUT2D eigenvalue weighted by Crippen LogP contribution is 2.29. The summed E-state index contributed by atoms with van der Waals surface area (Å²) in [5, 5.41) is 0.638. The van der Waals surface area contributed by atoms with Gasteiger partial charge < -0.3 is 4.74 Å². The summed E-state index contributed by atoms with van der Waals surface area (Å²) in [7, 11) is 1.54. The van der Waals surface area contributed by atoms with Crippen LogP contribution in [0.1, 0.15) is 71.2 Å². The van der Waals surface area contributed by atoms with Crippen LogP contribution in [0, 0.1) is 5.92 Å². The number of rotatable bonds is 8. The van der Waals surface area contributed by atoms with E-state index in [0.29, 0.717) is 34.2 Å². The number of ether oxygens (including phenoxy) is 1. The van der Waals surface area contributed by atoms with E-state index in [4.69, 9.17) is 16.3 Å². The maximum atomic E-state index is 12.8. The second-order valence-electron chi connectivity index (χ2n) is 7.61. The van der Waals surface area contributed by atoms with Crippen molar-refractivity contribution in [2.45, 2.75) is 51.4 Å². The number of carbonyl (C=O) groups is 2. The van der Waals surface area contributed by atoms with Gasteiger partial charge in [0.25, 0.3) is 0 Å². The van der Waals surface area contributed by atoms with E-state index in [1.165, 1.54) is 32.1 Å². The van der Waals surface area contributed by atoms with E-state index in [1.54, 1.807) is 37.4 Å². The van der Waals surface area contributed by atoms with Crippen molar-refractivity contribution < 1.29 is 14.3 Å². The largest absolute Gasteiger partial charge is 0.496 e.